The first-order valence-electron chi connectivity index (χ1n) is 8.59. The van der Waals surface area contributed by atoms with Gasteiger partial charge in [0.1, 0.15) is 11.4 Å². The Hall–Kier alpha value is -3.28. The Morgan fingerprint density at radius 1 is 0.962 bits per heavy atom. The monoisotopic (exact) mass is 344 g/mol. The van der Waals surface area contributed by atoms with Crippen LogP contribution >= 0.6 is 0 Å². The SMILES string of the molecule is CC(Cc1ccccc1)n1cnc(-c2cc(-c3cn(C)nn3)ccn2)c1. The Kier molecular flexibility index (Phi) is 4.31. The van der Waals surface area contributed by atoms with Crippen LogP contribution < -0.4 is 0 Å². The van der Waals surface area contributed by atoms with Gasteiger partial charge >= 0.3 is 0 Å². The van der Waals surface area contributed by atoms with Crippen molar-refractivity contribution in [2.45, 2.75) is 19.4 Å². The molecule has 0 spiro atoms. The molecule has 6 nitrogen and oxygen atoms in total. The molecule has 6 heteroatoms. The van der Waals surface area contributed by atoms with Crippen molar-refractivity contribution in [3.63, 3.8) is 0 Å². The van der Waals surface area contributed by atoms with Crippen LogP contribution in [-0.4, -0.2) is 29.5 Å². The molecule has 0 aliphatic heterocycles. The van der Waals surface area contributed by atoms with Gasteiger partial charge in [-0.1, -0.05) is 35.5 Å². The number of pyridine rings is 1. The van der Waals surface area contributed by atoms with Gasteiger partial charge in [0.25, 0.3) is 0 Å². The Morgan fingerprint density at radius 3 is 2.58 bits per heavy atom. The summed E-state index contributed by atoms with van der Waals surface area (Å²) >= 11 is 0. The fourth-order valence-corrected chi connectivity index (χ4v) is 2.98. The third-order valence-electron chi connectivity index (χ3n) is 4.41. The molecule has 0 fully saturated rings. The maximum absolute atomic E-state index is 4.55. The molecule has 0 saturated heterocycles. The molecule has 26 heavy (non-hydrogen) atoms. The van der Waals surface area contributed by atoms with Gasteiger partial charge in [-0.25, -0.2) is 4.98 Å². The molecule has 1 aromatic carbocycles. The average Bonchev–Trinajstić information content (AvgIpc) is 3.32. The second kappa shape index (κ2) is 6.92. The molecular weight excluding hydrogens is 324 g/mol. The van der Waals surface area contributed by atoms with Crippen LogP contribution in [-0.2, 0) is 13.5 Å². The molecule has 3 heterocycles. The Balaban J connectivity index is 1.56. The predicted molar refractivity (Wildman–Crippen MR) is 100 cm³/mol. The van der Waals surface area contributed by atoms with Crippen molar-refractivity contribution in [1.29, 1.82) is 0 Å². The summed E-state index contributed by atoms with van der Waals surface area (Å²) in [4.78, 5) is 9.02. The molecule has 0 bridgehead atoms. The quantitative estimate of drug-likeness (QED) is 0.555. The summed E-state index contributed by atoms with van der Waals surface area (Å²) in [6.07, 6.45) is 8.56. The zero-order valence-electron chi connectivity index (χ0n) is 14.8. The first-order valence-corrected chi connectivity index (χ1v) is 8.59. The van der Waals surface area contributed by atoms with Crippen molar-refractivity contribution in [3.05, 3.63) is 72.9 Å². The summed E-state index contributed by atoms with van der Waals surface area (Å²) in [5.74, 6) is 0. The van der Waals surface area contributed by atoms with E-state index in [-0.39, 0.29) is 0 Å². The van der Waals surface area contributed by atoms with Gasteiger partial charge in [0.2, 0.25) is 0 Å². The van der Waals surface area contributed by atoms with Crippen LogP contribution in [0.4, 0.5) is 0 Å². The van der Waals surface area contributed by atoms with E-state index in [9.17, 15) is 0 Å². The van der Waals surface area contributed by atoms with Crippen LogP contribution in [0.1, 0.15) is 18.5 Å². The van der Waals surface area contributed by atoms with Gasteiger partial charge in [-0.05, 0) is 31.0 Å². The van der Waals surface area contributed by atoms with Crippen LogP contribution in [0.5, 0.6) is 0 Å². The Labute approximate surface area is 152 Å². The van der Waals surface area contributed by atoms with E-state index in [2.05, 4.69) is 62.2 Å². The smallest absolute Gasteiger partial charge is 0.113 e. The summed E-state index contributed by atoms with van der Waals surface area (Å²) in [5, 5.41) is 8.15. The zero-order chi connectivity index (χ0) is 17.9. The number of benzene rings is 1. The van der Waals surface area contributed by atoms with E-state index in [1.807, 2.05) is 37.8 Å². The second-order valence-corrected chi connectivity index (χ2v) is 6.45. The van der Waals surface area contributed by atoms with Crippen LogP contribution in [0, 0.1) is 0 Å². The fraction of sp³-hybridized carbons (Fsp3) is 0.200. The van der Waals surface area contributed by atoms with Gasteiger partial charge in [-0.15, -0.1) is 5.10 Å². The third-order valence-corrected chi connectivity index (χ3v) is 4.41. The minimum absolute atomic E-state index is 0.321. The summed E-state index contributed by atoms with van der Waals surface area (Å²) in [6.45, 7) is 2.20. The van der Waals surface area contributed by atoms with Crippen molar-refractivity contribution >= 4 is 0 Å². The molecule has 4 rings (SSSR count). The number of aryl methyl sites for hydroxylation is 1. The maximum Gasteiger partial charge on any atom is 0.113 e. The van der Waals surface area contributed by atoms with Gasteiger partial charge in [0.05, 0.1) is 18.2 Å². The molecule has 0 saturated carbocycles. The van der Waals surface area contributed by atoms with E-state index in [1.165, 1.54) is 5.56 Å². The summed E-state index contributed by atoms with van der Waals surface area (Å²) in [7, 11) is 1.86. The van der Waals surface area contributed by atoms with Crippen LogP contribution in [0.25, 0.3) is 22.6 Å². The number of nitrogens with zero attached hydrogens (tertiary/aromatic N) is 6. The number of imidazole rings is 1. The molecule has 0 N–H and O–H groups in total. The van der Waals surface area contributed by atoms with Gasteiger partial charge < -0.3 is 4.57 Å². The molecule has 1 unspecified atom stereocenters. The topological polar surface area (TPSA) is 61.4 Å². The van der Waals surface area contributed by atoms with E-state index in [0.717, 1.165) is 29.1 Å². The van der Waals surface area contributed by atoms with Crippen molar-refractivity contribution in [1.82, 2.24) is 29.5 Å². The molecule has 3 aromatic heterocycles. The zero-order valence-corrected chi connectivity index (χ0v) is 14.8. The first-order chi connectivity index (χ1) is 12.7. The minimum Gasteiger partial charge on any atom is -0.334 e. The Morgan fingerprint density at radius 2 is 1.81 bits per heavy atom. The highest BCUT2D eigenvalue weighted by Gasteiger charge is 2.11. The highest BCUT2D eigenvalue weighted by atomic mass is 15.4. The lowest BCUT2D eigenvalue weighted by atomic mass is 10.1. The van der Waals surface area contributed by atoms with E-state index in [1.54, 1.807) is 10.9 Å². The number of aromatic nitrogens is 6. The van der Waals surface area contributed by atoms with E-state index in [4.69, 9.17) is 0 Å². The molecular formula is C20H20N6. The third kappa shape index (κ3) is 3.39. The lowest BCUT2D eigenvalue weighted by Gasteiger charge is -2.12. The summed E-state index contributed by atoms with van der Waals surface area (Å²) in [6, 6.07) is 14.7. The highest BCUT2D eigenvalue weighted by Crippen LogP contribution is 2.23. The Bertz CT molecular complexity index is 1000. The van der Waals surface area contributed by atoms with E-state index in [0.29, 0.717) is 6.04 Å². The van der Waals surface area contributed by atoms with E-state index >= 15 is 0 Å². The van der Waals surface area contributed by atoms with Crippen molar-refractivity contribution in [2.24, 2.45) is 7.05 Å². The minimum atomic E-state index is 0.321. The van der Waals surface area contributed by atoms with Crippen LogP contribution in [0.3, 0.4) is 0 Å². The first kappa shape index (κ1) is 16.2. The lowest BCUT2D eigenvalue weighted by molar-refractivity contribution is 0.544. The van der Waals surface area contributed by atoms with Gasteiger partial charge in [-0.2, -0.15) is 0 Å². The second-order valence-electron chi connectivity index (χ2n) is 6.45. The lowest BCUT2D eigenvalue weighted by Crippen LogP contribution is -2.05. The number of rotatable bonds is 5. The number of hydrogen-bond acceptors (Lipinski definition) is 4. The van der Waals surface area contributed by atoms with Crippen LogP contribution in [0.15, 0.2) is 67.4 Å². The van der Waals surface area contributed by atoms with Crippen molar-refractivity contribution in [3.8, 4) is 22.6 Å². The highest BCUT2D eigenvalue weighted by molar-refractivity contribution is 5.65. The van der Waals surface area contributed by atoms with Crippen molar-refractivity contribution in [2.75, 3.05) is 0 Å². The summed E-state index contributed by atoms with van der Waals surface area (Å²) < 4.78 is 3.83. The summed E-state index contributed by atoms with van der Waals surface area (Å²) in [5.41, 5.74) is 4.82. The molecule has 130 valence electrons. The van der Waals surface area contributed by atoms with Gasteiger partial charge in [0.15, 0.2) is 0 Å². The van der Waals surface area contributed by atoms with E-state index < -0.39 is 0 Å². The standard InChI is InChI=1S/C20H20N6/c1-15(10-16-6-4-3-5-7-16)26-13-20(22-14-26)18-11-17(8-9-21-18)19-12-25(2)24-23-19/h3-9,11-15H,10H2,1-2H3. The van der Waals surface area contributed by atoms with Gasteiger partial charge in [0, 0.05) is 31.0 Å². The molecule has 4 aromatic rings. The molecule has 0 aliphatic carbocycles. The predicted octanol–water partition coefficient (Wildman–Crippen LogP) is 3.54. The molecule has 0 amide bonds. The maximum atomic E-state index is 4.55. The van der Waals surface area contributed by atoms with Crippen molar-refractivity contribution < 1.29 is 0 Å². The van der Waals surface area contributed by atoms with Crippen LogP contribution in [0.2, 0.25) is 0 Å². The molecule has 1 atom stereocenters. The fourth-order valence-electron chi connectivity index (χ4n) is 2.98. The average molecular weight is 344 g/mol. The number of hydrogen-bond donors (Lipinski definition) is 0. The largest absolute Gasteiger partial charge is 0.334 e. The molecule has 0 aliphatic rings. The van der Waals surface area contributed by atoms with Gasteiger partial charge in [-0.3, -0.25) is 9.67 Å². The normalized spacial score (nSPS) is 12.2. The molecule has 0 radical (unpaired) electrons.